The lowest BCUT2D eigenvalue weighted by Crippen LogP contribution is -2.29. The standard InChI is InChI=1S/C17H16FN3/c1-11-10-14(12-6-3-5-9-16(12)20-11)17(21-19)13-7-2-4-8-15(13)18/h2-10,17,21H,19H2,1H3. The van der Waals surface area contributed by atoms with Gasteiger partial charge in [0.05, 0.1) is 11.6 Å². The first-order chi connectivity index (χ1) is 10.2. The van der Waals surface area contributed by atoms with E-state index in [1.165, 1.54) is 6.07 Å². The van der Waals surface area contributed by atoms with Crippen LogP contribution in [0.25, 0.3) is 10.9 Å². The predicted molar refractivity (Wildman–Crippen MR) is 82.0 cm³/mol. The van der Waals surface area contributed by atoms with Crippen molar-refractivity contribution in [1.29, 1.82) is 0 Å². The van der Waals surface area contributed by atoms with E-state index in [9.17, 15) is 4.39 Å². The van der Waals surface area contributed by atoms with Crippen LogP contribution in [0.1, 0.15) is 22.9 Å². The van der Waals surface area contributed by atoms with Gasteiger partial charge in [0, 0.05) is 16.6 Å². The van der Waals surface area contributed by atoms with Gasteiger partial charge in [0.25, 0.3) is 0 Å². The normalized spacial score (nSPS) is 12.5. The zero-order valence-electron chi connectivity index (χ0n) is 11.7. The highest BCUT2D eigenvalue weighted by Crippen LogP contribution is 2.29. The first-order valence-electron chi connectivity index (χ1n) is 6.77. The Balaban J connectivity index is 2.24. The molecule has 21 heavy (non-hydrogen) atoms. The number of benzene rings is 2. The summed E-state index contributed by atoms with van der Waals surface area (Å²) in [6, 6.07) is 16.0. The Bertz CT molecular complexity index is 786. The molecule has 1 aromatic heterocycles. The molecule has 0 aliphatic carbocycles. The third-order valence-electron chi connectivity index (χ3n) is 3.57. The van der Waals surface area contributed by atoms with Gasteiger partial charge in [0.1, 0.15) is 5.82 Å². The Hall–Kier alpha value is -2.30. The van der Waals surface area contributed by atoms with Crippen molar-refractivity contribution in [2.45, 2.75) is 13.0 Å². The van der Waals surface area contributed by atoms with E-state index >= 15 is 0 Å². The topological polar surface area (TPSA) is 50.9 Å². The van der Waals surface area contributed by atoms with Gasteiger partial charge in [-0.2, -0.15) is 0 Å². The fourth-order valence-electron chi connectivity index (χ4n) is 2.64. The van der Waals surface area contributed by atoms with E-state index in [1.54, 1.807) is 18.2 Å². The summed E-state index contributed by atoms with van der Waals surface area (Å²) in [6.45, 7) is 1.92. The molecule has 0 amide bonds. The minimum Gasteiger partial charge on any atom is -0.271 e. The van der Waals surface area contributed by atoms with E-state index in [0.717, 1.165) is 22.2 Å². The van der Waals surface area contributed by atoms with Crippen LogP contribution >= 0.6 is 0 Å². The van der Waals surface area contributed by atoms with Gasteiger partial charge in [0.15, 0.2) is 0 Å². The molecule has 0 spiro atoms. The fraction of sp³-hybridized carbons (Fsp3) is 0.118. The van der Waals surface area contributed by atoms with Crippen molar-refractivity contribution in [1.82, 2.24) is 10.4 Å². The highest BCUT2D eigenvalue weighted by atomic mass is 19.1. The van der Waals surface area contributed by atoms with Gasteiger partial charge in [-0.05, 0) is 30.7 Å². The lowest BCUT2D eigenvalue weighted by Gasteiger charge is -2.20. The molecule has 0 saturated carbocycles. The highest BCUT2D eigenvalue weighted by Gasteiger charge is 2.19. The summed E-state index contributed by atoms with van der Waals surface area (Å²) in [6.07, 6.45) is 0. The molecule has 1 unspecified atom stereocenters. The molecular formula is C17H16FN3. The molecule has 0 bridgehead atoms. The third-order valence-corrected chi connectivity index (χ3v) is 3.57. The number of nitrogens with zero attached hydrogens (tertiary/aromatic N) is 1. The molecule has 3 rings (SSSR count). The molecule has 0 saturated heterocycles. The zero-order valence-corrected chi connectivity index (χ0v) is 11.7. The number of nitrogens with two attached hydrogens (primary N) is 1. The smallest absolute Gasteiger partial charge is 0.128 e. The largest absolute Gasteiger partial charge is 0.271 e. The Morgan fingerprint density at radius 2 is 1.76 bits per heavy atom. The number of hydrogen-bond donors (Lipinski definition) is 2. The van der Waals surface area contributed by atoms with Gasteiger partial charge in [-0.1, -0.05) is 36.4 Å². The van der Waals surface area contributed by atoms with E-state index in [4.69, 9.17) is 5.84 Å². The highest BCUT2D eigenvalue weighted by molar-refractivity contribution is 5.83. The number of halogens is 1. The number of para-hydroxylation sites is 1. The van der Waals surface area contributed by atoms with E-state index < -0.39 is 6.04 Å². The van der Waals surface area contributed by atoms with Crippen LogP contribution in [0.15, 0.2) is 54.6 Å². The quantitative estimate of drug-likeness (QED) is 0.572. The summed E-state index contributed by atoms with van der Waals surface area (Å²) in [5.74, 6) is 5.43. The molecule has 1 heterocycles. The molecule has 1 atom stereocenters. The third kappa shape index (κ3) is 2.51. The van der Waals surface area contributed by atoms with Gasteiger partial charge >= 0.3 is 0 Å². The maximum Gasteiger partial charge on any atom is 0.128 e. The lowest BCUT2D eigenvalue weighted by atomic mass is 9.95. The van der Waals surface area contributed by atoms with Crippen LogP contribution < -0.4 is 11.3 Å². The molecule has 106 valence electrons. The Morgan fingerprint density at radius 3 is 2.52 bits per heavy atom. The summed E-state index contributed by atoms with van der Waals surface area (Å²) >= 11 is 0. The van der Waals surface area contributed by atoms with E-state index in [1.807, 2.05) is 37.3 Å². The van der Waals surface area contributed by atoms with Crippen LogP contribution in [-0.4, -0.2) is 4.98 Å². The van der Waals surface area contributed by atoms with Crippen molar-refractivity contribution in [3.63, 3.8) is 0 Å². The number of pyridine rings is 1. The summed E-state index contributed by atoms with van der Waals surface area (Å²) in [5.41, 5.74) is 5.93. The predicted octanol–water partition coefficient (Wildman–Crippen LogP) is 3.24. The average Bonchev–Trinajstić information content (AvgIpc) is 2.49. The number of aryl methyl sites for hydroxylation is 1. The Kier molecular flexibility index (Phi) is 3.64. The summed E-state index contributed by atoms with van der Waals surface area (Å²) in [5, 5.41) is 0.967. The number of aromatic nitrogens is 1. The van der Waals surface area contributed by atoms with Crippen molar-refractivity contribution in [2.24, 2.45) is 5.84 Å². The molecule has 2 aromatic carbocycles. The maximum atomic E-state index is 14.1. The van der Waals surface area contributed by atoms with Crippen LogP contribution in [0.5, 0.6) is 0 Å². The Labute approximate surface area is 122 Å². The number of nitrogens with one attached hydrogen (secondary N) is 1. The maximum absolute atomic E-state index is 14.1. The molecule has 3 aromatic rings. The molecule has 0 radical (unpaired) electrons. The van der Waals surface area contributed by atoms with Crippen molar-refractivity contribution >= 4 is 10.9 Å². The second-order valence-electron chi connectivity index (χ2n) is 4.99. The van der Waals surface area contributed by atoms with Gasteiger partial charge in [-0.3, -0.25) is 10.8 Å². The SMILES string of the molecule is Cc1cc(C(NN)c2ccccc2F)c2ccccc2n1. The van der Waals surface area contributed by atoms with Crippen molar-refractivity contribution in [2.75, 3.05) is 0 Å². The van der Waals surface area contributed by atoms with Gasteiger partial charge in [-0.25, -0.2) is 9.82 Å². The van der Waals surface area contributed by atoms with E-state index in [-0.39, 0.29) is 5.82 Å². The van der Waals surface area contributed by atoms with Crippen LogP contribution in [0.3, 0.4) is 0 Å². The van der Waals surface area contributed by atoms with Crippen LogP contribution in [-0.2, 0) is 0 Å². The van der Waals surface area contributed by atoms with Crippen molar-refractivity contribution < 1.29 is 4.39 Å². The summed E-state index contributed by atoms with van der Waals surface area (Å²) in [7, 11) is 0. The molecule has 3 N–H and O–H groups in total. The monoisotopic (exact) mass is 281 g/mol. The second kappa shape index (κ2) is 5.60. The van der Waals surface area contributed by atoms with Crippen LogP contribution in [0.4, 0.5) is 4.39 Å². The number of fused-ring (bicyclic) bond motifs is 1. The lowest BCUT2D eigenvalue weighted by molar-refractivity contribution is 0.561. The molecule has 3 nitrogen and oxygen atoms in total. The minimum atomic E-state index is -0.419. The van der Waals surface area contributed by atoms with Crippen LogP contribution in [0.2, 0.25) is 0 Å². The zero-order chi connectivity index (χ0) is 14.8. The summed E-state index contributed by atoms with van der Waals surface area (Å²) in [4.78, 5) is 4.51. The van der Waals surface area contributed by atoms with Gasteiger partial charge < -0.3 is 0 Å². The average molecular weight is 281 g/mol. The molecule has 0 aliphatic heterocycles. The van der Waals surface area contributed by atoms with E-state index in [0.29, 0.717) is 5.56 Å². The van der Waals surface area contributed by atoms with Gasteiger partial charge in [-0.15, -0.1) is 0 Å². The molecule has 0 fully saturated rings. The van der Waals surface area contributed by atoms with Crippen LogP contribution in [0, 0.1) is 12.7 Å². The number of hydrogen-bond acceptors (Lipinski definition) is 3. The molecule has 0 aliphatic rings. The summed E-state index contributed by atoms with van der Waals surface area (Å²) < 4.78 is 14.1. The number of hydrazine groups is 1. The molecular weight excluding hydrogens is 265 g/mol. The van der Waals surface area contributed by atoms with E-state index in [2.05, 4.69) is 10.4 Å². The van der Waals surface area contributed by atoms with Gasteiger partial charge in [0.2, 0.25) is 0 Å². The minimum absolute atomic E-state index is 0.279. The Morgan fingerprint density at radius 1 is 1.05 bits per heavy atom. The van der Waals surface area contributed by atoms with Crippen molar-refractivity contribution in [3.8, 4) is 0 Å². The first kappa shape index (κ1) is 13.7. The first-order valence-corrected chi connectivity index (χ1v) is 6.77. The second-order valence-corrected chi connectivity index (χ2v) is 4.99. The molecule has 4 heteroatoms. The van der Waals surface area contributed by atoms with Crippen molar-refractivity contribution in [3.05, 3.63) is 77.2 Å². The number of rotatable bonds is 3. The fourth-order valence-corrected chi connectivity index (χ4v) is 2.64.